The summed E-state index contributed by atoms with van der Waals surface area (Å²) in [4.78, 5) is 0. The molecule has 0 saturated carbocycles. The molecule has 0 saturated heterocycles. The van der Waals surface area contributed by atoms with Gasteiger partial charge >= 0.3 is 0 Å². The number of nitrogens with two attached hydrogens (primary N) is 2. The maximum Gasteiger partial charge on any atom is 0.0787 e. The van der Waals surface area contributed by atoms with Crippen molar-refractivity contribution in [2.45, 2.75) is 13.8 Å². The van der Waals surface area contributed by atoms with Crippen LogP contribution in [0.2, 0.25) is 0 Å². The van der Waals surface area contributed by atoms with Crippen molar-refractivity contribution in [3.8, 4) is 0 Å². The van der Waals surface area contributed by atoms with Gasteiger partial charge in [0.2, 0.25) is 0 Å². The van der Waals surface area contributed by atoms with Gasteiger partial charge in [-0.05, 0) is 26.0 Å². The van der Waals surface area contributed by atoms with Gasteiger partial charge in [-0.2, -0.15) is 0 Å². The Morgan fingerprint density at radius 3 is 1.79 bits per heavy atom. The highest BCUT2D eigenvalue weighted by Gasteiger charge is 2.04. The summed E-state index contributed by atoms with van der Waals surface area (Å²) in [5, 5.41) is 6.34. The predicted octanol–water partition coefficient (Wildman–Crippen LogP) is 1.71. The molecule has 0 unspecified atom stereocenters. The normalized spacial score (nSPS) is 9.86. The van der Waals surface area contributed by atoms with Gasteiger partial charge in [0.25, 0.3) is 0 Å². The lowest BCUT2D eigenvalue weighted by atomic mass is 10.2. The molecule has 78 valence electrons. The quantitative estimate of drug-likeness (QED) is 0.550. The number of nitrogen functional groups attached to an aromatic ring is 2. The van der Waals surface area contributed by atoms with Crippen LogP contribution in [0.15, 0.2) is 12.1 Å². The molecule has 0 fully saturated rings. The Morgan fingerprint density at radius 1 is 1.00 bits per heavy atom. The van der Waals surface area contributed by atoms with Crippen molar-refractivity contribution < 1.29 is 0 Å². The van der Waals surface area contributed by atoms with E-state index in [-0.39, 0.29) is 0 Å². The van der Waals surface area contributed by atoms with E-state index in [4.69, 9.17) is 11.5 Å². The third-order valence-electron chi connectivity index (χ3n) is 1.94. The summed E-state index contributed by atoms with van der Waals surface area (Å²) in [5.74, 6) is 0. The average molecular weight is 194 g/mol. The first-order chi connectivity index (χ1) is 6.69. The first-order valence-corrected chi connectivity index (χ1v) is 4.85. The molecular formula is C10H18N4. The Kier molecular flexibility index (Phi) is 3.45. The molecule has 0 aliphatic carbocycles. The number of benzene rings is 1. The Labute approximate surface area is 84.7 Å². The molecule has 1 rings (SSSR count). The van der Waals surface area contributed by atoms with E-state index in [1.165, 1.54) is 0 Å². The van der Waals surface area contributed by atoms with Gasteiger partial charge in [-0.1, -0.05) is 0 Å². The summed E-state index contributed by atoms with van der Waals surface area (Å²) in [6, 6.07) is 3.69. The summed E-state index contributed by atoms with van der Waals surface area (Å²) in [6.07, 6.45) is 0. The minimum Gasteiger partial charge on any atom is -0.399 e. The summed E-state index contributed by atoms with van der Waals surface area (Å²) in [6.45, 7) is 5.71. The summed E-state index contributed by atoms with van der Waals surface area (Å²) >= 11 is 0. The zero-order valence-corrected chi connectivity index (χ0v) is 8.72. The van der Waals surface area contributed by atoms with Crippen molar-refractivity contribution in [1.29, 1.82) is 0 Å². The van der Waals surface area contributed by atoms with Gasteiger partial charge < -0.3 is 22.1 Å². The van der Waals surface area contributed by atoms with Crippen LogP contribution in [-0.2, 0) is 0 Å². The van der Waals surface area contributed by atoms with Gasteiger partial charge in [-0.25, -0.2) is 0 Å². The van der Waals surface area contributed by atoms with Crippen molar-refractivity contribution in [2.75, 3.05) is 35.2 Å². The Balaban J connectivity index is 3.04. The second kappa shape index (κ2) is 4.60. The topological polar surface area (TPSA) is 76.1 Å². The fourth-order valence-corrected chi connectivity index (χ4v) is 1.35. The summed E-state index contributed by atoms with van der Waals surface area (Å²) < 4.78 is 0. The number of hydrogen-bond donors (Lipinski definition) is 4. The smallest absolute Gasteiger partial charge is 0.0787 e. The van der Waals surface area contributed by atoms with Crippen LogP contribution in [0.3, 0.4) is 0 Å². The van der Waals surface area contributed by atoms with E-state index in [0.29, 0.717) is 5.69 Å². The zero-order valence-electron chi connectivity index (χ0n) is 8.72. The molecule has 1 aromatic carbocycles. The molecule has 6 N–H and O–H groups in total. The van der Waals surface area contributed by atoms with E-state index in [1.54, 1.807) is 0 Å². The molecule has 0 aliphatic rings. The largest absolute Gasteiger partial charge is 0.399 e. The molecule has 14 heavy (non-hydrogen) atoms. The first kappa shape index (κ1) is 10.5. The van der Waals surface area contributed by atoms with Crippen molar-refractivity contribution in [1.82, 2.24) is 0 Å². The van der Waals surface area contributed by atoms with E-state index in [9.17, 15) is 0 Å². The molecule has 0 amide bonds. The van der Waals surface area contributed by atoms with Crippen LogP contribution in [-0.4, -0.2) is 13.1 Å². The van der Waals surface area contributed by atoms with Gasteiger partial charge in [0.15, 0.2) is 0 Å². The monoisotopic (exact) mass is 194 g/mol. The maximum absolute atomic E-state index is 5.94. The molecule has 0 heterocycles. The molecule has 0 aliphatic heterocycles. The Morgan fingerprint density at radius 2 is 1.43 bits per heavy atom. The lowest BCUT2D eigenvalue weighted by molar-refractivity contribution is 1.20. The molecule has 0 aromatic heterocycles. The molecule has 0 radical (unpaired) electrons. The zero-order chi connectivity index (χ0) is 10.6. The summed E-state index contributed by atoms with van der Waals surface area (Å²) in [5.41, 5.74) is 14.9. The van der Waals surface area contributed by atoms with Gasteiger partial charge in [0, 0.05) is 18.8 Å². The van der Waals surface area contributed by atoms with Gasteiger partial charge in [-0.3, -0.25) is 0 Å². The molecule has 4 heteroatoms. The Bertz CT molecular complexity index is 282. The molecule has 1 aromatic rings. The minimum atomic E-state index is 0.714. The van der Waals surface area contributed by atoms with Crippen LogP contribution >= 0.6 is 0 Å². The number of nitrogens with one attached hydrogen (secondary N) is 2. The molecular weight excluding hydrogens is 176 g/mol. The van der Waals surface area contributed by atoms with Crippen LogP contribution in [0, 0.1) is 0 Å². The highest BCUT2D eigenvalue weighted by Crippen LogP contribution is 2.30. The number of hydrogen-bond acceptors (Lipinski definition) is 4. The van der Waals surface area contributed by atoms with Crippen LogP contribution < -0.4 is 22.1 Å². The SMILES string of the molecule is CCNc1cc(N)cc(NCC)c1N. The Hall–Kier alpha value is -1.58. The second-order valence-corrected chi connectivity index (χ2v) is 3.09. The third kappa shape index (κ3) is 2.22. The third-order valence-corrected chi connectivity index (χ3v) is 1.94. The molecule has 0 bridgehead atoms. The standard InChI is InChI=1S/C10H18N4/c1-3-13-8-5-7(11)6-9(10(8)12)14-4-2/h5-6,13-14H,3-4,11-12H2,1-2H3. The molecule has 0 atom stereocenters. The van der Waals surface area contributed by atoms with E-state index in [1.807, 2.05) is 26.0 Å². The first-order valence-electron chi connectivity index (χ1n) is 4.85. The maximum atomic E-state index is 5.94. The van der Waals surface area contributed by atoms with Crippen molar-refractivity contribution in [2.24, 2.45) is 0 Å². The number of rotatable bonds is 4. The van der Waals surface area contributed by atoms with Crippen LogP contribution in [0.1, 0.15) is 13.8 Å². The lowest BCUT2D eigenvalue weighted by Gasteiger charge is -2.13. The van der Waals surface area contributed by atoms with E-state index < -0.39 is 0 Å². The minimum absolute atomic E-state index is 0.714. The second-order valence-electron chi connectivity index (χ2n) is 3.09. The van der Waals surface area contributed by atoms with Gasteiger partial charge in [-0.15, -0.1) is 0 Å². The van der Waals surface area contributed by atoms with Gasteiger partial charge in [0.05, 0.1) is 17.1 Å². The van der Waals surface area contributed by atoms with Gasteiger partial charge in [0.1, 0.15) is 0 Å². The number of anilines is 4. The van der Waals surface area contributed by atoms with E-state index in [2.05, 4.69) is 10.6 Å². The fraction of sp³-hybridized carbons (Fsp3) is 0.400. The van der Waals surface area contributed by atoms with E-state index >= 15 is 0 Å². The van der Waals surface area contributed by atoms with Crippen molar-refractivity contribution in [3.63, 3.8) is 0 Å². The average Bonchev–Trinajstić information content (AvgIpc) is 2.14. The van der Waals surface area contributed by atoms with Crippen LogP contribution in [0.5, 0.6) is 0 Å². The molecule has 4 nitrogen and oxygen atoms in total. The highest BCUT2D eigenvalue weighted by molar-refractivity contribution is 5.84. The van der Waals surface area contributed by atoms with Crippen LogP contribution in [0.25, 0.3) is 0 Å². The summed E-state index contributed by atoms with van der Waals surface area (Å²) in [7, 11) is 0. The highest BCUT2D eigenvalue weighted by atomic mass is 14.9. The van der Waals surface area contributed by atoms with E-state index in [0.717, 1.165) is 30.2 Å². The van der Waals surface area contributed by atoms with Crippen molar-refractivity contribution >= 4 is 22.7 Å². The fourth-order valence-electron chi connectivity index (χ4n) is 1.35. The lowest BCUT2D eigenvalue weighted by Crippen LogP contribution is -2.07. The predicted molar refractivity (Wildman–Crippen MR) is 63.6 cm³/mol. The molecule has 0 spiro atoms. The van der Waals surface area contributed by atoms with Crippen molar-refractivity contribution in [3.05, 3.63) is 12.1 Å². The van der Waals surface area contributed by atoms with Crippen LogP contribution in [0.4, 0.5) is 22.7 Å².